The van der Waals surface area contributed by atoms with Gasteiger partial charge in [-0.3, -0.25) is 4.79 Å². The third-order valence-corrected chi connectivity index (χ3v) is 6.75. The van der Waals surface area contributed by atoms with Gasteiger partial charge in [0, 0.05) is 19.5 Å². The summed E-state index contributed by atoms with van der Waals surface area (Å²) in [5, 5.41) is 27.3. The van der Waals surface area contributed by atoms with Gasteiger partial charge >= 0.3 is 0 Å². The summed E-state index contributed by atoms with van der Waals surface area (Å²) >= 11 is 6.20. The average Bonchev–Trinajstić information content (AvgIpc) is 3.29. The molecule has 4 N–H and O–H groups in total. The largest absolute Gasteiger partial charge is 0.389 e. The van der Waals surface area contributed by atoms with Crippen LogP contribution in [0.1, 0.15) is 23.6 Å². The van der Waals surface area contributed by atoms with Crippen LogP contribution in [0.25, 0.3) is 11.2 Å². The van der Waals surface area contributed by atoms with Gasteiger partial charge in [0.1, 0.15) is 6.10 Å². The highest BCUT2D eigenvalue weighted by molar-refractivity contribution is 6.28. The SMILES string of the molecule is CNC(=O)[C@@]12C[C@@H]1[C@@H](n1cnc3c(NCc4cccc(C)c4)nc(Cl)nc31)[C@H](O)[C@@H]2O. The highest BCUT2D eigenvalue weighted by Crippen LogP contribution is 2.67. The average molecular weight is 443 g/mol. The van der Waals surface area contributed by atoms with E-state index in [0.717, 1.165) is 11.1 Å². The summed E-state index contributed by atoms with van der Waals surface area (Å²) in [6, 6.07) is 7.58. The van der Waals surface area contributed by atoms with Gasteiger partial charge in [0.15, 0.2) is 17.0 Å². The van der Waals surface area contributed by atoms with Crippen molar-refractivity contribution in [1.82, 2.24) is 24.8 Å². The van der Waals surface area contributed by atoms with Crippen LogP contribution >= 0.6 is 11.6 Å². The molecule has 1 aromatic carbocycles. The highest BCUT2D eigenvalue weighted by atomic mass is 35.5. The van der Waals surface area contributed by atoms with E-state index in [1.165, 1.54) is 7.05 Å². The first-order valence-corrected chi connectivity index (χ1v) is 10.5. The van der Waals surface area contributed by atoms with E-state index in [0.29, 0.717) is 29.9 Å². The maximum absolute atomic E-state index is 12.4. The van der Waals surface area contributed by atoms with Crippen molar-refractivity contribution in [3.05, 3.63) is 47.0 Å². The summed E-state index contributed by atoms with van der Waals surface area (Å²) in [6.07, 6.45) is -0.221. The maximum Gasteiger partial charge on any atom is 0.229 e. The number of aliphatic hydroxyl groups is 2. The van der Waals surface area contributed by atoms with E-state index in [-0.39, 0.29) is 17.1 Å². The molecule has 0 radical (unpaired) electrons. The van der Waals surface area contributed by atoms with E-state index in [4.69, 9.17) is 11.6 Å². The Bertz CT molecular complexity index is 1180. The molecule has 0 saturated heterocycles. The lowest BCUT2D eigenvalue weighted by molar-refractivity contribution is -0.132. The molecular formula is C21H23ClN6O3. The molecule has 0 spiro atoms. The first-order valence-electron chi connectivity index (χ1n) is 10.1. The number of carbonyl (C=O) groups is 1. The molecule has 2 heterocycles. The van der Waals surface area contributed by atoms with Gasteiger partial charge in [-0.25, -0.2) is 4.98 Å². The number of fused-ring (bicyclic) bond motifs is 2. The normalized spacial score (nSPS) is 29.1. The van der Waals surface area contributed by atoms with Crippen molar-refractivity contribution in [2.75, 3.05) is 12.4 Å². The van der Waals surface area contributed by atoms with E-state index in [1.54, 1.807) is 10.9 Å². The Balaban J connectivity index is 1.49. The van der Waals surface area contributed by atoms with Gasteiger partial charge in [-0.15, -0.1) is 0 Å². The Morgan fingerprint density at radius 2 is 2.16 bits per heavy atom. The van der Waals surface area contributed by atoms with Crippen LogP contribution < -0.4 is 10.6 Å². The second-order valence-corrected chi connectivity index (χ2v) is 8.70. The van der Waals surface area contributed by atoms with Crippen LogP contribution in [-0.2, 0) is 11.3 Å². The van der Waals surface area contributed by atoms with Gasteiger partial charge < -0.3 is 25.4 Å². The second kappa shape index (κ2) is 7.15. The lowest BCUT2D eigenvalue weighted by atomic mass is 9.98. The predicted octanol–water partition coefficient (Wildman–Crippen LogP) is 1.43. The summed E-state index contributed by atoms with van der Waals surface area (Å²) in [4.78, 5) is 25.5. The molecule has 5 rings (SSSR count). The van der Waals surface area contributed by atoms with Crippen molar-refractivity contribution in [2.45, 2.75) is 38.1 Å². The van der Waals surface area contributed by atoms with Gasteiger partial charge in [0.2, 0.25) is 11.2 Å². The summed E-state index contributed by atoms with van der Waals surface area (Å²) in [6.45, 7) is 2.56. The van der Waals surface area contributed by atoms with Crippen LogP contribution in [0.3, 0.4) is 0 Å². The molecule has 10 heteroatoms. The number of hydrogen-bond acceptors (Lipinski definition) is 7. The zero-order valence-corrected chi connectivity index (χ0v) is 17.8. The molecule has 2 aliphatic rings. The molecule has 0 unspecified atom stereocenters. The fourth-order valence-corrected chi connectivity index (χ4v) is 5.19. The minimum absolute atomic E-state index is 0.0439. The highest BCUT2D eigenvalue weighted by Gasteiger charge is 2.75. The Labute approximate surface area is 183 Å². The third kappa shape index (κ3) is 2.99. The summed E-state index contributed by atoms with van der Waals surface area (Å²) < 4.78 is 1.71. The Kier molecular flexibility index (Phi) is 4.65. The molecule has 0 bridgehead atoms. The van der Waals surface area contributed by atoms with Gasteiger partial charge in [-0.2, -0.15) is 9.97 Å². The lowest BCUT2D eigenvalue weighted by Crippen LogP contribution is -2.41. The van der Waals surface area contributed by atoms with Crippen LogP contribution in [0.2, 0.25) is 5.28 Å². The van der Waals surface area contributed by atoms with E-state index < -0.39 is 23.7 Å². The van der Waals surface area contributed by atoms with Crippen LogP contribution in [0.15, 0.2) is 30.6 Å². The van der Waals surface area contributed by atoms with Crippen molar-refractivity contribution >= 4 is 34.5 Å². The molecule has 2 aliphatic carbocycles. The minimum Gasteiger partial charge on any atom is -0.389 e. The van der Waals surface area contributed by atoms with Crippen molar-refractivity contribution in [1.29, 1.82) is 0 Å². The predicted molar refractivity (Wildman–Crippen MR) is 114 cm³/mol. The summed E-state index contributed by atoms with van der Waals surface area (Å²) in [7, 11) is 1.53. The minimum atomic E-state index is -1.16. The number of amides is 1. The fourth-order valence-electron chi connectivity index (χ4n) is 5.03. The summed E-state index contributed by atoms with van der Waals surface area (Å²) in [5.74, 6) is 0.00749. The van der Waals surface area contributed by atoms with Gasteiger partial charge in [0.25, 0.3) is 0 Å². The molecule has 31 heavy (non-hydrogen) atoms. The fraction of sp³-hybridized carbons (Fsp3) is 0.429. The molecule has 9 nitrogen and oxygen atoms in total. The Morgan fingerprint density at radius 1 is 1.35 bits per heavy atom. The number of aryl methyl sites for hydroxylation is 1. The Hall–Kier alpha value is -2.75. The van der Waals surface area contributed by atoms with Gasteiger partial charge in [-0.1, -0.05) is 29.8 Å². The van der Waals surface area contributed by atoms with Crippen molar-refractivity contribution in [3.63, 3.8) is 0 Å². The number of benzene rings is 1. The van der Waals surface area contributed by atoms with E-state index in [1.807, 2.05) is 25.1 Å². The molecule has 1 amide bonds. The first-order chi connectivity index (χ1) is 14.9. The standard InChI is InChI=1S/C21H23ClN6O3/c1-10-4-3-5-11(6-10)8-24-17-13-18(27-20(22)26-17)28(9-25-13)14-12-7-21(12,19(31)23-2)16(30)15(14)29/h3-6,9,12,14-16,29-30H,7-8H2,1-2H3,(H,23,31)(H,24,26,27)/t12-,14-,15+,16+,21+/m1/s1. The number of rotatable bonds is 5. The third-order valence-electron chi connectivity index (χ3n) is 6.58. The van der Waals surface area contributed by atoms with E-state index >= 15 is 0 Å². The van der Waals surface area contributed by atoms with Gasteiger partial charge in [0.05, 0.1) is 23.9 Å². The number of imidazole rings is 1. The number of aromatic nitrogens is 4. The monoisotopic (exact) mass is 442 g/mol. The maximum atomic E-state index is 12.4. The molecule has 2 aromatic heterocycles. The molecular weight excluding hydrogens is 420 g/mol. The zero-order valence-electron chi connectivity index (χ0n) is 17.1. The number of carbonyl (C=O) groups excluding carboxylic acids is 1. The topological polar surface area (TPSA) is 125 Å². The van der Waals surface area contributed by atoms with Crippen molar-refractivity contribution < 1.29 is 15.0 Å². The zero-order chi connectivity index (χ0) is 21.9. The van der Waals surface area contributed by atoms with Crippen LogP contribution in [0, 0.1) is 18.3 Å². The second-order valence-electron chi connectivity index (χ2n) is 8.36. The number of nitrogens with one attached hydrogen (secondary N) is 2. The van der Waals surface area contributed by atoms with Crippen LogP contribution in [0.5, 0.6) is 0 Å². The lowest BCUT2D eigenvalue weighted by Gasteiger charge is -2.23. The van der Waals surface area contributed by atoms with Crippen molar-refractivity contribution in [3.8, 4) is 0 Å². The Morgan fingerprint density at radius 3 is 2.90 bits per heavy atom. The molecule has 5 atom stereocenters. The van der Waals surface area contributed by atoms with E-state index in [9.17, 15) is 15.0 Å². The smallest absolute Gasteiger partial charge is 0.229 e. The molecule has 3 aromatic rings. The molecule has 162 valence electrons. The number of hydrogen-bond donors (Lipinski definition) is 4. The number of anilines is 1. The van der Waals surface area contributed by atoms with Gasteiger partial charge in [-0.05, 0) is 30.5 Å². The van der Waals surface area contributed by atoms with Crippen molar-refractivity contribution in [2.24, 2.45) is 11.3 Å². The number of nitrogens with zero attached hydrogens (tertiary/aromatic N) is 4. The molecule has 2 fully saturated rings. The first kappa shape index (κ1) is 20.2. The number of halogens is 1. The molecule has 0 aliphatic heterocycles. The quantitative estimate of drug-likeness (QED) is 0.440. The summed E-state index contributed by atoms with van der Waals surface area (Å²) in [5.41, 5.74) is 2.23. The van der Waals surface area contributed by atoms with Crippen LogP contribution in [-0.4, -0.2) is 54.9 Å². The molecule has 2 saturated carbocycles. The van der Waals surface area contributed by atoms with Crippen LogP contribution in [0.4, 0.5) is 5.82 Å². The number of aliphatic hydroxyl groups excluding tert-OH is 2. The van der Waals surface area contributed by atoms with E-state index in [2.05, 4.69) is 31.7 Å².